The molecule has 1 atom stereocenters. The van der Waals surface area contributed by atoms with Gasteiger partial charge in [-0.1, -0.05) is 17.7 Å². The third kappa shape index (κ3) is 3.93. The average molecular weight is 351 g/mol. The molecule has 2 aliphatic heterocycles. The van der Waals surface area contributed by atoms with E-state index in [1.807, 2.05) is 24.0 Å². The molecule has 3 rings (SSSR count). The Bertz CT molecular complexity index is 579. The van der Waals surface area contributed by atoms with Crippen LogP contribution in [0.4, 0.5) is 0 Å². The molecule has 0 radical (unpaired) electrons. The van der Waals surface area contributed by atoms with Crippen molar-refractivity contribution in [1.82, 2.24) is 9.80 Å². The summed E-state index contributed by atoms with van der Waals surface area (Å²) in [5, 5.41) is 0.664. The lowest BCUT2D eigenvalue weighted by atomic mass is 9.89. The zero-order valence-electron chi connectivity index (χ0n) is 14.6. The molecule has 0 saturated carbocycles. The minimum Gasteiger partial charge on any atom is -0.379 e. The first-order chi connectivity index (χ1) is 11.6. The zero-order chi connectivity index (χ0) is 17.1. The van der Waals surface area contributed by atoms with Gasteiger partial charge >= 0.3 is 0 Å². The van der Waals surface area contributed by atoms with Crippen molar-refractivity contribution in [2.45, 2.75) is 32.7 Å². The van der Waals surface area contributed by atoms with E-state index in [9.17, 15) is 4.79 Å². The molecule has 1 amide bonds. The first kappa shape index (κ1) is 17.7. The number of carbonyl (C=O) groups is 1. The Morgan fingerprint density at radius 3 is 2.50 bits per heavy atom. The summed E-state index contributed by atoms with van der Waals surface area (Å²) >= 11 is 6.16. The smallest absolute Gasteiger partial charge is 0.253 e. The van der Waals surface area contributed by atoms with Gasteiger partial charge in [-0.05, 0) is 50.3 Å². The number of ether oxygens (including phenoxy) is 1. The van der Waals surface area contributed by atoms with E-state index >= 15 is 0 Å². The Hall–Kier alpha value is -1.10. The molecule has 1 aromatic rings. The van der Waals surface area contributed by atoms with Gasteiger partial charge in [0.15, 0.2) is 0 Å². The molecule has 0 aliphatic carbocycles. The van der Waals surface area contributed by atoms with Crippen LogP contribution in [0.5, 0.6) is 0 Å². The predicted molar refractivity (Wildman–Crippen MR) is 96.7 cm³/mol. The quantitative estimate of drug-likeness (QED) is 0.839. The Labute approximate surface area is 149 Å². The highest BCUT2D eigenvalue weighted by atomic mass is 35.5. The zero-order valence-corrected chi connectivity index (χ0v) is 15.4. The van der Waals surface area contributed by atoms with Crippen LogP contribution in [-0.2, 0) is 4.74 Å². The van der Waals surface area contributed by atoms with Crippen LogP contribution < -0.4 is 0 Å². The van der Waals surface area contributed by atoms with Gasteiger partial charge in [0.05, 0.1) is 13.2 Å². The maximum Gasteiger partial charge on any atom is 0.253 e. The monoisotopic (exact) mass is 350 g/mol. The molecule has 2 fully saturated rings. The molecular weight excluding hydrogens is 324 g/mol. The molecule has 0 aromatic heterocycles. The van der Waals surface area contributed by atoms with Crippen molar-refractivity contribution in [2.24, 2.45) is 5.92 Å². The van der Waals surface area contributed by atoms with Crippen molar-refractivity contribution in [3.8, 4) is 0 Å². The number of hydrogen-bond donors (Lipinski definition) is 0. The van der Waals surface area contributed by atoms with E-state index < -0.39 is 0 Å². The van der Waals surface area contributed by atoms with Crippen molar-refractivity contribution in [1.29, 1.82) is 0 Å². The van der Waals surface area contributed by atoms with Gasteiger partial charge in [-0.2, -0.15) is 0 Å². The number of piperidine rings is 1. The summed E-state index contributed by atoms with van der Waals surface area (Å²) in [5.74, 6) is 0.767. The van der Waals surface area contributed by atoms with Crippen LogP contribution in [-0.4, -0.2) is 61.1 Å². The second-order valence-corrected chi connectivity index (χ2v) is 7.39. The normalized spacial score (nSPS) is 21.7. The minimum absolute atomic E-state index is 0.106. The number of carbonyl (C=O) groups excluding carboxylic acids is 1. The molecular formula is C19H27ClN2O2. The van der Waals surface area contributed by atoms with Gasteiger partial charge in [-0.15, -0.1) is 0 Å². The van der Waals surface area contributed by atoms with Gasteiger partial charge in [0.25, 0.3) is 5.91 Å². The van der Waals surface area contributed by atoms with E-state index in [1.54, 1.807) is 6.07 Å². The highest BCUT2D eigenvalue weighted by molar-refractivity contribution is 6.31. The van der Waals surface area contributed by atoms with Crippen molar-refractivity contribution < 1.29 is 9.53 Å². The molecule has 0 bridgehead atoms. The third-order valence-corrected chi connectivity index (χ3v) is 5.96. The van der Waals surface area contributed by atoms with E-state index in [0.29, 0.717) is 22.5 Å². The average Bonchev–Trinajstić information content (AvgIpc) is 2.63. The molecule has 2 saturated heterocycles. The summed E-state index contributed by atoms with van der Waals surface area (Å²) in [6.45, 7) is 9.70. The van der Waals surface area contributed by atoms with E-state index in [4.69, 9.17) is 16.3 Å². The van der Waals surface area contributed by atoms with Crippen LogP contribution in [0.15, 0.2) is 18.2 Å². The molecule has 4 nitrogen and oxygen atoms in total. The summed E-state index contributed by atoms with van der Waals surface area (Å²) in [6.07, 6.45) is 2.15. The molecule has 2 aliphatic rings. The maximum absolute atomic E-state index is 12.7. The largest absolute Gasteiger partial charge is 0.379 e. The van der Waals surface area contributed by atoms with Gasteiger partial charge < -0.3 is 9.64 Å². The molecule has 24 heavy (non-hydrogen) atoms. The highest BCUT2D eigenvalue weighted by Crippen LogP contribution is 2.26. The van der Waals surface area contributed by atoms with E-state index in [0.717, 1.165) is 57.8 Å². The minimum atomic E-state index is 0.106. The summed E-state index contributed by atoms with van der Waals surface area (Å²) in [6, 6.07) is 6.16. The van der Waals surface area contributed by atoms with Crippen LogP contribution in [0.2, 0.25) is 5.02 Å². The van der Waals surface area contributed by atoms with Crippen LogP contribution in [0.25, 0.3) is 0 Å². The van der Waals surface area contributed by atoms with Gasteiger partial charge in [0.2, 0.25) is 0 Å². The first-order valence-electron chi connectivity index (χ1n) is 8.93. The second-order valence-electron chi connectivity index (χ2n) is 6.98. The van der Waals surface area contributed by atoms with Crippen LogP contribution in [0, 0.1) is 12.8 Å². The van der Waals surface area contributed by atoms with Crippen molar-refractivity contribution in [2.75, 3.05) is 39.4 Å². The molecule has 2 heterocycles. The Morgan fingerprint density at radius 2 is 1.88 bits per heavy atom. The molecule has 0 N–H and O–H groups in total. The number of benzene rings is 1. The maximum atomic E-state index is 12.7. The highest BCUT2D eigenvalue weighted by Gasteiger charge is 2.30. The van der Waals surface area contributed by atoms with Gasteiger partial charge in [-0.3, -0.25) is 9.69 Å². The third-order valence-electron chi connectivity index (χ3n) is 5.55. The second kappa shape index (κ2) is 7.85. The predicted octanol–water partition coefficient (Wildman–Crippen LogP) is 3.22. The Kier molecular flexibility index (Phi) is 5.80. The first-order valence-corrected chi connectivity index (χ1v) is 9.31. The molecule has 1 aromatic carbocycles. The lowest BCUT2D eigenvalue weighted by molar-refractivity contribution is -0.000950. The number of halogens is 1. The van der Waals surface area contributed by atoms with Crippen molar-refractivity contribution in [3.05, 3.63) is 34.3 Å². The Balaban J connectivity index is 1.56. The standard InChI is InChI=1S/C19H27ClN2O2/c1-14-3-4-17(13-18(14)20)19(23)22-7-5-16(6-8-22)15(2)21-9-11-24-12-10-21/h3-4,13,15-16H,5-12H2,1-2H3/t15-/m0/s1. The lowest BCUT2D eigenvalue weighted by Crippen LogP contribution is -2.49. The summed E-state index contributed by atoms with van der Waals surface area (Å²) in [7, 11) is 0. The summed E-state index contributed by atoms with van der Waals surface area (Å²) < 4.78 is 5.45. The molecule has 5 heteroatoms. The van der Waals surface area contributed by atoms with Crippen molar-refractivity contribution >= 4 is 17.5 Å². The van der Waals surface area contributed by atoms with Crippen LogP contribution >= 0.6 is 11.6 Å². The number of amides is 1. The van der Waals surface area contributed by atoms with E-state index in [1.165, 1.54) is 0 Å². The Morgan fingerprint density at radius 1 is 1.21 bits per heavy atom. The topological polar surface area (TPSA) is 32.8 Å². The number of rotatable bonds is 3. The summed E-state index contributed by atoms with van der Waals surface area (Å²) in [4.78, 5) is 17.2. The molecule has 132 valence electrons. The van der Waals surface area contributed by atoms with E-state index in [-0.39, 0.29) is 5.91 Å². The van der Waals surface area contributed by atoms with Crippen LogP contribution in [0.1, 0.15) is 35.7 Å². The number of likely N-dealkylation sites (tertiary alicyclic amines) is 1. The fourth-order valence-electron chi connectivity index (χ4n) is 3.78. The van der Waals surface area contributed by atoms with Gasteiger partial charge in [0.1, 0.15) is 0 Å². The van der Waals surface area contributed by atoms with Crippen LogP contribution in [0.3, 0.4) is 0 Å². The van der Waals surface area contributed by atoms with Gasteiger partial charge in [-0.25, -0.2) is 0 Å². The SMILES string of the molecule is Cc1ccc(C(=O)N2CCC([C@H](C)N3CCOCC3)CC2)cc1Cl. The number of aryl methyl sites for hydroxylation is 1. The number of nitrogens with zero attached hydrogens (tertiary/aromatic N) is 2. The molecule has 0 spiro atoms. The van der Waals surface area contributed by atoms with E-state index in [2.05, 4.69) is 11.8 Å². The molecule has 0 unspecified atom stereocenters. The fraction of sp³-hybridized carbons (Fsp3) is 0.632. The summed E-state index contributed by atoms with van der Waals surface area (Å²) in [5.41, 5.74) is 1.71. The van der Waals surface area contributed by atoms with Crippen molar-refractivity contribution in [3.63, 3.8) is 0 Å². The lowest BCUT2D eigenvalue weighted by Gasteiger charge is -2.41. The fourth-order valence-corrected chi connectivity index (χ4v) is 3.96. The number of hydrogen-bond acceptors (Lipinski definition) is 3. The van der Waals surface area contributed by atoms with Gasteiger partial charge in [0, 0.05) is 42.8 Å². The number of morpholine rings is 1.